The van der Waals surface area contributed by atoms with Crippen LogP contribution in [0.15, 0.2) is 16.9 Å². The first kappa shape index (κ1) is 11.3. The molecule has 1 aliphatic rings. The standard InChI is InChI=1S/C11H11N7O2/c1-2-8(19-3-1)6-5-20-10(7-4-12-16-13-7)9(6)11-14-17-18-15-11/h4-5,8H,1-3H2,(H,12,13,16)(H,14,15,17,18). The number of hydrogen-bond donors (Lipinski definition) is 2. The number of H-pyrrole nitrogens is 2. The molecule has 0 bridgehead atoms. The number of furan rings is 1. The zero-order valence-corrected chi connectivity index (χ0v) is 10.4. The Morgan fingerprint density at radius 3 is 2.95 bits per heavy atom. The maximum absolute atomic E-state index is 5.72. The lowest BCUT2D eigenvalue weighted by Crippen LogP contribution is -1.97. The summed E-state index contributed by atoms with van der Waals surface area (Å²) in [5.74, 6) is 1.02. The molecule has 1 fully saturated rings. The highest BCUT2D eigenvalue weighted by atomic mass is 16.5. The Hall–Kier alpha value is -2.55. The van der Waals surface area contributed by atoms with Crippen LogP contribution in [-0.4, -0.2) is 42.6 Å². The van der Waals surface area contributed by atoms with Crippen LogP contribution in [0.25, 0.3) is 22.8 Å². The molecule has 102 valence electrons. The molecule has 2 N–H and O–H groups in total. The third-order valence-electron chi connectivity index (χ3n) is 3.31. The van der Waals surface area contributed by atoms with E-state index in [2.05, 4.69) is 36.0 Å². The Morgan fingerprint density at radius 2 is 2.25 bits per heavy atom. The predicted octanol–water partition coefficient (Wildman–Crippen LogP) is 1.10. The molecule has 20 heavy (non-hydrogen) atoms. The molecule has 3 aromatic heterocycles. The molecular weight excluding hydrogens is 262 g/mol. The van der Waals surface area contributed by atoms with E-state index in [1.165, 1.54) is 0 Å². The zero-order valence-electron chi connectivity index (χ0n) is 10.4. The van der Waals surface area contributed by atoms with E-state index in [0.29, 0.717) is 17.3 Å². The van der Waals surface area contributed by atoms with Crippen LogP contribution in [0.5, 0.6) is 0 Å². The highest BCUT2D eigenvalue weighted by Gasteiger charge is 2.29. The molecule has 9 heteroatoms. The largest absolute Gasteiger partial charge is 0.461 e. The van der Waals surface area contributed by atoms with Gasteiger partial charge in [0.25, 0.3) is 0 Å². The molecule has 0 amide bonds. The summed E-state index contributed by atoms with van der Waals surface area (Å²) < 4.78 is 11.4. The second-order valence-corrected chi connectivity index (χ2v) is 4.49. The van der Waals surface area contributed by atoms with Crippen LogP contribution in [0, 0.1) is 0 Å². The van der Waals surface area contributed by atoms with Gasteiger partial charge in [0.1, 0.15) is 5.69 Å². The minimum atomic E-state index is -0.00657. The summed E-state index contributed by atoms with van der Waals surface area (Å²) in [4.78, 5) is 0. The number of aromatic nitrogens is 7. The van der Waals surface area contributed by atoms with Crippen molar-refractivity contribution in [2.75, 3.05) is 6.61 Å². The summed E-state index contributed by atoms with van der Waals surface area (Å²) in [5.41, 5.74) is 2.26. The summed E-state index contributed by atoms with van der Waals surface area (Å²) >= 11 is 0. The number of nitrogens with one attached hydrogen (secondary N) is 2. The first-order chi connectivity index (χ1) is 9.93. The normalized spacial score (nSPS) is 18.7. The van der Waals surface area contributed by atoms with Crippen molar-refractivity contribution in [1.82, 2.24) is 36.0 Å². The molecule has 0 spiro atoms. The maximum atomic E-state index is 5.72. The second-order valence-electron chi connectivity index (χ2n) is 4.49. The quantitative estimate of drug-likeness (QED) is 0.733. The molecule has 0 aromatic carbocycles. The van der Waals surface area contributed by atoms with E-state index in [9.17, 15) is 0 Å². The fourth-order valence-electron chi connectivity index (χ4n) is 2.43. The van der Waals surface area contributed by atoms with E-state index in [0.717, 1.165) is 30.6 Å². The van der Waals surface area contributed by atoms with Crippen molar-refractivity contribution in [2.24, 2.45) is 0 Å². The Kier molecular flexibility index (Phi) is 2.56. The average Bonchev–Trinajstić information content (AvgIpc) is 3.23. The Labute approximate surface area is 112 Å². The number of ether oxygens (including phenoxy) is 1. The molecule has 0 aliphatic carbocycles. The molecule has 1 saturated heterocycles. The van der Waals surface area contributed by atoms with Crippen LogP contribution < -0.4 is 0 Å². The van der Waals surface area contributed by atoms with Crippen LogP contribution >= 0.6 is 0 Å². The SMILES string of the molecule is c1n[nH]nc1-c1occ(C2CCCO2)c1-c1nn[nH]n1. The maximum Gasteiger partial charge on any atom is 0.208 e. The van der Waals surface area contributed by atoms with Gasteiger partial charge < -0.3 is 9.15 Å². The van der Waals surface area contributed by atoms with Crippen LogP contribution in [-0.2, 0) is 4.74 Å². The molecule has 1 aliphatic heterocycles. The lowest BCUT2D eigenvalue weighted by Gasteiger charge is -2.07. The molecule has 3 aromatic rings. The lowest BCUT2D eigenvalue weighted by atomic mass is 10.0. The summed E-state index contributed by atoms with van der Waals surface area (Å²) in [5, 5.41) is 24.5. The van der Waals surface area contributed by atoms with Gasteiger partial charge in [-0.25, -0.2) is 0 Å². The summed E-state index contributed by atoms with van der Waals surface area (Å²) in [6, 6.07) is 0. The van der Waals surface area contributed by atoms with Gasteiger partial charge in [0.05, 0.1) is 24.1 Å². The van der Waals surface area contributed by atoms with Crippen LogP contribution in [0.1, 0.15) is 24.5 Å². The number of nitrogens with zero attached hydrogens (tertiary/aromatic N) is 5. The van der Waals surface area contributed by atoms with Crippen LogP contribution in [0.4, 0.5) is 0 Å². The van der Waals surface area contributed by atoms with Gasteiger partial charge in [-0.15, -0.1) is 10.2 Å². The predicted molar refractivity (Wildman–Crippen MR) is 65.2 cm³/mol. The highest BCUT2D eigenvalue weighted by molar-refractivity contribution is 5.77. The van der Waals surface area contributed by atoms with E-state index >= 15 is 0 Å². The van der Waals surface area contributed by atoms with Crippen molar-refractivity contribution < 1.29 is 9.15 Å². The molecule has 0 radical (unpaired) electrons. The van der Waals surface area contributed by atoms with E-state index < -0.39 is 0 Å². The molecule has 4 rings (SSSR count). The van der Waals surface area contributed by atoms with Gasteiger partial charge in [-0.3, -0.25) is 0 Å². The van der Waals surface area contributed by atoms with Gasteiger partial charge in [-0.1, -0.05) is 0 Å². The molecule has 4 heterocycles. The van der Waals surface area contributed by atoms with Crippen LogP contribution in [0.3, 0.4) is 0 Å². The van der Waals surface area contributed by atoms with Crippen molar-refractivity contribution >= 4 is 0 Å². The number of hydrogen-bond acceptors (Lipinski definition) is 7. The zero-order chi connectivity index (χ0) is 13.4. The van der Waals surface area contributed by atoms with Gasteiger partial charge in [0.15, 0.2) is 5.76 Å². The molecule has 1 unspecified atom stereocenters. The van der Waals surface area contributed by atoms with E-state index in [1.807, 2.05) is 0 Å². The van der Waals surface area contributed by atoms with Crippen molar-refractivity contribution in [3.8, 4) is 22.8 Å². The lowest BCUT2D eigenvalue weighted by molar-refractivity contribution is 0.112. The topological polar surface area (TPSA) is 118 Å². The minimum absolute atomic E-state index is 0.00657. The average molecular weight is 273 g/mol. The van der Waals surface area contributed by atoms with Crippen molar-refractivity contribution in [3.63, 3.8) is 0 Å². The minimum Gasteiger partial charge on any atom is -0.461 e. The van der Waals surface area contributed by atoms with Crippen molar-refractivity contribution in [1.29, 1.82) is 0 Å². The number of tetrazole rings is 1. The Balaban J connectivity index is 1.88. The monoisotopic (exact) mass is 273 g/mol. The first-order valence-corrected chi connectivity index (χ1v) is 6.26. The number of aromatic amines is 2. The van der Waals surface area contributed by atoms with Gasteiger partial charge in [0.2, 0.25) is 5.82 Å². The summed E-state index contributed by atoms with van der Waals surface area (Å²) in [7, 11) is 0. The van der Waals surface area contributed by atoms with Gasteiger partial charge in [0, 0.05) is 12.2 Å². The van der Waals surface area contributed by atoms with Crippen LogP contribution in [0.2, 0.25) is 0 Å². The molecule has 9 nitrogen and oxygen atoms in total. The number of rotatable bonds is 3. The smallest absolute Gasteiger partial charge is 0.208 e. The highest BCUT2D eigenvalue weighted by Crippen LogP contribution is 2.40. The van der Waals surface area contributed by atoms with E-state index in [4.69, 9.17) is 9.15 Å². The van der Waals surface area contributed by atoms with Gasteiger partial charge in [-0.2, -0.15) is 20.6 Å². The van der Waals surface area contributed by atoms with Crippen molar-refractivity contribution in [3.05, 3.63) is 18.0 Å². The fraction of sp³-hybridized carbons (Fsp3) is 0.364. The van der Waals surface area contributed by atoms with Crippen molar-refractivity contribution in [2.45, 2.75) is 18.9 Å². The Morgan fingerprint density at radius 1 is 1.25 bits per heavy atom. The third kappa shape index (κ3) is 1.71. The summed E-state index contributed by atoms with van der Waals surface area (Å²) in [6.45, 7) is 0.751. The van der Waals surface area contributed by atoms with E-state index in [1.54, 1.807) is 12.5 Å². The Bertz CT molecular complexity index is 683. The van der Waals surface area contributed by atoms with Gasteiger partial charge >= 0.3 is 0 Å². The van der Waals surface area contributed by atoms with Gasteiger partial charge in [-0.05, 0) is 18.1 Å². The second kappa shape index (κ2) is 4.53. The molecular formula is C11H11N7O2. The molecule has 1 atom stereocenters. The third-order valence-corrected chi connectivity index (χ3v) is 3.31. The summed E-state index contributed by atoms with van der Waals surface area (Å²) in [6.07, 6.45) is 5.23. The first-order valence-electron chi connectivity index (χ1n) is 6.26. The fourth-order valence-corrected chi connectivity index (χ4v) is 2.43. The van der Waals surface area contributed by atoms with E-state index in [-0.39, 0.29) is 6.10 Å². The molecule has 0 saturated carbocycles.